The molecule has 40 heavy (non-hydrogen) atoms. The van der Waals surface area contributed by atoms with Gasteiger partial charge in [0.15, 0.2) is 0 Å². The Kier molecular flexibility index (Phi) is 8.51. The minimum Gasteiger partial charge on any atom is -0.490 e. The maximum atomic E-state index is 14.2. The highest BCUT2D eigenvalue weighted by molar-refractivity contribution is 7.93. The number of halogens is 1. The number of rotatable bonds is 6. The SMILES string of the molecule is COC(=O)N1CCS(=O)(=Nc2cc(C)c3c(Cc4ccc(F)cc4OC4CCC(OC)CC4)ncnc3c2)CC1. The first kappa shape index (κ1) is 28.2. The summed E-state index contributed by atoms with van der Waals surface area (Å²) in [7, 11) is 0.553. The second-order valence-corrected chi connectivity index (χ2v) is 12.9. The number of fused-ring (bicyclic) bond motifs is 1. The number of hydrogen-bond donors (Lipinski definition) is 0. The van der Waals surface area contributed by atoms with Crippen LogP contribution in [0.2, 0.25) is 0 Å². The van der Waals surface area contributed by atoms with E-state index in [0.717, 1.165) is 47.9 Å². The Hall–Kier alpha value is -3.31. The third kappa shape index (κ3) is 6.36. The number of carbonyl (C=O) groups is 1. The van der Waals surface area contributed by atoms with Gasteiger partial charge >= 0.3 is 6.09 Å². The first-order chi connectivity index (χ1) is 19.3. The van der Waals surface area contributed by atoms with Gasteiger partial charge in [-0.3, -0.25) is 0 Å². The molecule has 1 aliphatic carbocycles. The average Bonchev–Trinajstić information content (AvgIpc) is 2.94. The van der Waals surface area contributed by atoms with Gasteiger partial charge in [-0.2, -0.15) is 4.36 Å². The number of amides is 1. The Bertz CT molecular complexity index is 1500. The zero-order valence-electron chi connectivity index (χ0n) is 23.1. The molecule has 1 amide bonds. The second-order valence-electron chi connectivity index (χ2n) is 10.4. The summed E-state index contributed by atoms with van der Waals surface area (Å²) in [5, 5.41) is 0.882. The van der Waals surface area contributed by atoms with Gasteiger partial charge in [0.05, 0.1) is 45.9 Å². The Labute approximate surface area is 234 Å². The van der Waals surface area contributed by atoms with Crippen LogP contribution in [0.4, 0.5) is 14.9 Å². The average molecular weight is 571 g/mol. The van der Waals surface area contributed by atoms with Crippen molar-refractivity contribution in [1.82, 2.24) is 14.9 Å². The van der Waals surface area contributed by atoms with E-state index in [2.05, 4.69) is 14.3 Å². The largest absolute Gasteiger partial charge is 0.490 e. The third-order valence-electron chi connectivity index (χ3n) is 7.70. The van der Waals surface area contributed by atoms with Crippen molar-refractivity contribution in [3.63, 3.8) is 0 Å². The van der Waals surface area contributed by atoms with Crippen LogP contribution in [0.1, 0.15) is 42.5 Å². The van der Waals surface area contributed by atoms with Crippen LogP contribution in [0, 0.1) is 12.7 Å². The number of ether oxygens (including phenoxy) is 3. The molecule has 0 unspecified atom stereocenters. The smallest absolute Gasteiger partial charge is 0.409 e. The van der Waals surface area contributed by atoms with Crippen molar-refractivity contribution >= 4 is 32.4 Å². The molecule has 0 bridgehead atoms. The molecular weight excluding hydrogens is 535 g/mol. The first-order valence-electron chi connectivity index (χ1n) is 13.5. The zero-order chi connectivity index (χ0) is 28.3. The Morgan fingerprint density at radius 2 is 1.80 bits per heavy atom. The predicted octanol–water partition coefficient (Wildman–Crippen LogP) is 5.19. The van der Waals surface area contributed by atoms with Crippen molar-refractivity contribution in [3.05, 3.63) is 59.3 Å². The molecule has 2 aromatic carbocycles. The standard InChI is InChI=1S/C29H35FN4O5S/c1-19-14-22(33-40(36)12-10-34(11-13-40)29(35)38-3)17-26-28(19)25(31-18-32-26)15-20-4-5-21(30)16-27(20)39-24-8-6-23(37-2)7-9-24/h4-5,14,16-18,23-24H,6-13,15H2,1-3H3. The second kappa shape index (κ2) is 12.1. The Morgan fingerprint density at radius 1 is 1.07 bits per heavy atom. The molecule has 2 heterocycles. The zero-order valence-corrected chi connectivity index (χ0v) is 23.9. The molecule has 0 spiro atoms. The number of aryl methyl sites for hydroxylation is 1. The molecule has 5 rings (SSSR count). The molecule has 1 aromatic heterocycles. The summed E-state index contributed by atoms with van der Waals surface area (Å²) in [6, 6.07) is 8.36. The van der Waals surface area contributed by atoms with E-state index in [1.165, 1.54) is 25.6 Å². The molecule has 2 aliphatic rings. The number of carbonyl (C=O) groups excluding carboxylic acids is 1. The number of methoxy groups -OCH3 is 2. The summed E-state index contributed by atoms with van der Waals surface area (Å²) in [5.74, 6) is 0.765. The quantitative estimate of drug-likeness (QED) is 0.402. The van der Waals surface area contributed by atoms with Crippen molar-refractivity contribution in [2.45, 2.75) is 51.2 Å². The highest BCUT2D eigenvalue weighted by Gasteiger charge is 2.25. The van der Waals surface area contributed by atoms with Crippen molar-refractivity contribution in [2.75, 3.05) is 38.8 Å². The van der Waals surface area contributed by atoms with Crippen molar-refractivity contribution < 1.29 is 27.6 Å². The van der Waals surface area contributed by atoms with E-state index in [1.807, 2.05) is 19.1 Å². The number of nitrogens with zero attached hydrogens (tertiary/aromatic N) is 4. The molecule has 3 aromatic rings. The summed E-state index contributed by atoms with van der Waals surface area (Å²) >= 11 is 0. The fourth-order valence-corrected chi connectivity index (χ4v) is 7.37. The van der Waals surface area contributed by atoms with Crippen molar-refractivity contribution in [3.8, 4) is 5.75 Å². The minimum atomic E-state index is -2.52. The van der Waals surface area contributed by atoms with E-state index in [0.29, 0.717) is 36.5 Å². The van der Waals surface area contributed by atoms with Crippen molar-refractivity contribution in [2.24, 2.45) is 4.36 Å². The lowest BCUT2D eigenvalue weighted by Gasteiger charge is -2.28. The number of hydrogen-bond acceptors (Lipinski definition) is 8. The summed E-state index contributed by atoms with van der Waals surface area (Å²) in [4.78, 5) is 22.4. The van der Waals surface area contributed by atoms with Gasteiger partial charge in [-0.05, 0) is 56.4 Å². The number of aromatic nitrogens is 2. The van der Waals surface area contributed by atoms with Crippen molar-refractivity contribution in [1.29, 1.82) is 0 Å². The van der Waals surface area contributed by atoms with E-state index in [1.54, 1.807) is 18.1 Å². The monoisotopic (exact) mass is 570 g/mol. The van der Waals surface area contributed by atoms with Crippen LogP contribution in [0.15, 0.2) is 41.0 Å². The van der Waals surface area contributed by atoms with Gasteiger partial charge in [-0.1, -0.05) is 6.07 Å². The molecule has 9 nitrogen and oxygen atoms in total. The molecular formula is C29H35FN4O5S. The molecule has 1 saturated heterocycles. The first-order valence-corrected chi connectivity index (χ1v) is 15.4. The molecule has 1 saturated carbocycles. The van der Waals surface area contributed by atoms with E-state index in [-0.39, 0.29) is 29.5 Å². The van der Waals surface area contributed by atoms with E-state index in [4.69, 9.17) is 14.2 Å². The highest BCUT2D eigenvalue weighted by Crippen LogP contribution is 2.32. The lowest BCUT2D eigenvalue weighted by atomic mass is 9.94. The Morgan fingerprint density at radius 3 is 2.50 bits per heavy atom. The fraction of sp³-hybridized carbons (Fsp3) is 0.483. The lowest BCUT2D eigenvalue weighted by Crippen LogP contribution is -2.43. The van der Waals surface area contributed by atoms with Gasteiger partial charge in [-0.15, -0.1) is 0 Å². The van der Waals surface area contributed by atoms with Crippen LogP contribution in [-0.4, -0.2) is 76.2 Å². The predicted molar refractivity (Wildman–Crippen MR) is 151 cm³/mol. The van der Waals surface area contributed by atoms with Gasteiger partial charge in [0.2, 0.25) is 0 Å². The van der Waals surface area contributed by atoms with Gasteiger partial charge in [0.25, 0.3) is 0 Å². The van der Waals surface area contributed by atoms with Crippen LogP contribution >= 0.6 is 0 Å². The molecule has 1 aliphatic heterocycles. The number of benzene rings is 2. The van der Waals surface area contributed by atoms with E-state index in [9.17, 15) is 13.4 Å². The van der Waals surface area contributed by atoms with E-state index >= 15 is 0 Å². The van der Waals surface area contributed by atoms with Crippen LogP contribution in [-0.2, 0) is 25.6 Å². The van der Waals surface area contributed by atoms with Crippen LogP contribution < -0.4 is 4.74 Å². The van der Waals surface area contributed by atoms with Gasteiger partial charge in [0, 0.05) is 55.1 Å². The Balaban J connectivity index is 1.39. The summed E-state index contributed by atoms with van der Waals surface area (Å²) in [5.41, 5.74) is 3.84. The van der Waals surface area contributed by atoms with Crippen LogP contribution in [0.25, 0.3) is 10.9 Å². The normalized spacial score (nSPS) is 20.8. The summed E-state index contributed by atoms with van der Waals surface area (Å²) in [6.45, 7) is 2.63. The molecule has 0 N–H and O–H groups in total. The maximum absolute atomic E-state index is 14.2. The molecule has 11 heteroatoms. The molecule has 0 atom stereocenters. The topological polar surface area (TPSA) is 103 Å². The van der Waals surface area contributed by atoms with Crippen LogP contribution in [0.3, 0.4) is 0 Å². The minimum absolute atomic E-state index is 0.0152. The van der Waals surface area contributed by atoms with Crippen LogP contribution in [0.5, 0.6) is 5.75 Å². The highest BCUT2D eigenvalue weighted by atomic mass is 32.2. The van der Waals surface area contributed by atoms with E-state index < -0.39 is 15.8 Å². The fourth-order valence-electron chi connectivity index (χ4n) is 5.48. The molecule has 214 valence electrons. The lowest BCUT2D eigenvalue weighted by molar-refractivity contribution is 0.0324. The van der Waals surface area contributed by atoms with Gasteiger partial charge < -0.3 is 19.1 Å². The molecule has 0 radical (unpaired) electrons. The van der Waals surface area contributed by atoms with Gasteiger partial charge in [-0.25, -0.2) is 23.4 Å². The molecule has 2 fully saturated rings. The van der Waals surface area contributed by atoms with Gasteiger partial charge in [0.1, 0.15) is 17.9 Å². The maximum Gasteiger partial charge on any atom is 0.409 e. The third-order valence-corrected chi connectivity index (χ3v) is 9.88. The summed E-state index contributed by atoms with van der Waals surface area (Å²) in [6.07, 6.45) is 5.37. The summed E-state index contributed by atoms with van der Waals surface area (Å²) < 4.78 is 48.8.